The summed E-state index contributed by atoms with van der Waals surface area (Å²) >= 11 is 1.63. The van der Waals surface area contributed by atoms with E-state index in [2.05, 4.69) is 49.6 Å². The van der Waals surface area contributed by atoms with Gasteiger partial charge < -0.3 is 23.4 Å². The summed E-state index contributed by atoms with van der Waals surface area (Å²) in [7, 11) is 0. The van der Waals surface area contributed by atoms with Crippen LogP contribution in [0.15, 0.2) is 154 Å². The molecule has 1 saturated heterocycles. The van der Waals surface area contributed by atoms with Gasteiger partial charge in [-0.3, -0.25) is 0 Å². The van der Waals surface area contributed by atoms with E-state index in [0.717, 1.165) is 48.7 Å². The van der Waals surface area contributed by atoms with Crippen molar-refractivity contribution in [2.75, 3.05) is 0 Å². The number of rotatable bonds is 7. The zero-order chi connectivity index (χ0) is 36.9. The molecule has 7 nitrogen and oxygen atoms in total. The van der Waals surface area contributed by atoms with E-state index in [1.165, 1.54) is 0 Å². The van der Waals surface area contributed by atoms with Gasteiger partial charge in [-0.2, -0.15) is 0 Å². The van der Waals surface area contributed by atoms with Gasteiger partial charge >= 0.3 is 11.9 Å². The van der Waals surface area contributed by atoms with E-state index in [0.29, 0.717) is 34.7 Å². The fourth-order valence-electron chi connectivity index (χ4n) is 8.63. The quantitative estimate of drug-likeness (QED) is 0.0912. The molecule has 0 saturated carbocycles. The first kappa shape index (κ1) is 32.8. The smallest absolute Gasteiger partial charge is 0.334 e. The first-order valence-corrected chi connectivity index (χ1v) is 18.8. The van der Waals surface area contributed by atoms with Gasteiger partial charge in [0.1, 0.15) is 22.7 Å². The number of carbonyl (C=O) groups excluding carboxylic acids is 2. The Bertz CT molecular complexity index is 2620. The monoisotopic (exact) mass is 730 g/mol. The summed E-state index contributed by atoms with van der Waals surface area (Å²) < 4.78 is 32.4. The second-order valence-corrected chi connectivity index (χ2v) is 15.6. The van der Waals surface area contributed by atoms with Crippen molar-refractivity contribution in [1.29, 1.82) is 0 Å². The highest BCUT2D eigenvalue weighted by Gasteiger charge is 2.58. The molecule has 6 aromatic rings. The van der Waals surface area contributed by atoms with Gasteiger partial charge in [-0.25, -0.2) is 9.59 Å². The van der Waals surface area contributed by atoms with Crippen molar-refractivity contribution in [1.82, 2.24) is 0 Å². The molecule has 10 rings (SSSR count). The highest BCUT2D eigenvalue weighted by atomic mass is 32.2. The van der Waals surface area contributed by atoms with Crippen LogP contribution in [0.1, 0.15) is 48.1 Å². The molecule has 5 unspecified atom stereocenters. The van der Waals surface area contributed by atoms with Gasteiger partial charge in [0.25, 0.3) is 0 Å². The highest BCUT2D eigenvalue weighted by Crippen LogP contribution is 2.59. The molecule has 266 valence electrons. The van der Waals surface area contributed by atoms with Crippen LogP contribution in [-0.2, 0) is 35.0 Å². The minimum Gasteiger partial charge on any atom is -0.457 e. The minimum atomic E-state index is -1.34. The Balaban J connectivity index is 1.19. The van der Waals surface area contributed by atoms with Gasteiger partial charge in [0.15, 0.2) is 11.2 Å². The zero-order valence-corrected chi connectivity index (χ0v) is 30.4. The lowest BCUT2D eigenvalue weighted by Gasteiger charge is -2.44. The molecule has 4 aliphatic heterocycles. The number of esters is 2. The van der Waals surface area contributed by atoms with Crippen LogP contribution in [0.3, 0.4) is 0 Å². The van der Waals surface area contributed by atoms with Gasteiger partial charge in [-0.1, -0.05) is 85.6 Å². The Morgan fingerprint density at radius 3 is 2.09 bits per heavy atom. The molecule has 0 radical (unpaired) electrons. The lowest BCUT2D eigenvalue weighted by Crippen LogP contribution is -2.46. The molecule has 8 heteroatoms. The number of para-hydroxylation sites is 1. The number of hydrogen-bond donors (Lipinski definition) is 0. The molecule has 4 aromatic carbocycles. The van der Waals surface area contributed by atoms with E-state index in [9.17, 15) is 9.59 Å². The molecule has 5 atom stereocenters. The standard InChI is InChI=1S/C46H34O7S/c1-25(2)43(47)52-45(34-23-29-15-18-38(34)49-29)31-9-5-7-11-37(31)51-40-17-13-27(21-33(40)45)28-14-20-42-36(22-28)46(53-44(48)26(3)4,32-10-6-8-12-41(32)54-42)35-24-30-16-19-39(35)50-30/h5-22,24,29,34,38H,1,3,23H2,2,4H3. The van der Waals surface area contributed by atoms with Crippen LogP contribution in [0, 0.1) is 5.92 Å². The Labute approximate surface area is 316 Å². The number of fused-ring (bicyclic) bond motifs is 8. The molecular formula is C46H34O7S. The third-order valence-electron chi connectivity index (χ3n) is 11.1. The van der Waals surface area contributed by atoms with Gasteiger partial charge in [0.2, 0.25) is 0 Å². The predicted octanol–water partition coefficient (Wildman–Crippen LogP) is 10.2. The van der Waals surface area contributed by atoms with Crippen LogP contribution in [0.5, 0.6) is 11.5 Å². The van der Waals surface area contributed by atoms with Crippen molar-refractivity contribution < 1.29 is 33.0 Å². The molecule has 4 bridgehead atoms. The minimum absolute atomic E-state index is 0.0758. The van der Waals surface area contributed by atoms with Gasteiger partial charge in [0, 0.05) is 49.1 Å². The Kier molecular flexibility index (Phi) is 7.19. The van der Waals surface area contributed by atoms with Crippen LogP contribution in [0.4, 0.5) is 0 Å². The first-order valence-electron chi connectivity index (χ1n) is 17.9. The SMILES string of the molecule is C=C(C)C(=O)OC1(c2cc3ccc2o3)c2ccccc2Sc2ccc(-c3ccc4c(c3)C(OC(=O)C(=C)C)(C3CC5C=CC3O5)c3ccccc3O4)cc21. The van der Waals surface area contributed by atoms with Crippen LogP contribution < -0.4 is 4.74 Å². The number of benzene rings is 5. The van der Waals surface area contributed by atoms with Crippen LogP contribution in [-0.4, -0.2) is 24.1 Å². The molecule has 2 aromatic heterocycles. The van der Waals surface area contributed by atoms with Crippen LogP contribution in [0.25, 0.3) is 22.3 Å². The number of furan rings is 2. The number of hydrogen-bond acceptors (Lipinski definition) is 8. The van der Waals surface area contributed by atoms with Gasteiger partial charge in [-0.15, -0.1) is 0 Å². The molecule has 4 aliphatic rings. The maximum Gasteiger partial charge on any atom is 0.334 e. The third kappa shape index (κ3) is 4.66. The van der Waals surface area contributed by atoms with E-state index in [1.807, 2.05) is 78.9 Å². The molecule has 6 heterocycles. The summed E-state index contributed by atoms with van der Waals surface area (Å²) in [5.41, 5.74) is 4.92. The van der Waals surface area contributed by atoms with Crippen LogP contribution in [0.2, 0.25) is 0 Å². The van der Waals surface area contributed by atoms with Crippen molar-refractivity contribution >= 4 is 34.9 Å². The fraction of sp³-hybridized carbons (Fsp3) is 0.174. The van der Waals surface area contributed by atoms with Crippen molar-refractivity contribution in [3.05, 3.63) is 167 Å². The average Bonchev–Trinajstić information content (AvgIpc) is 4.01. The second-order valence-electron chi connectivity index (χ2n) is 14.5. The molecule has 0 amide bonds. The summed E-state index contributed by atoms with van der Waals surface area (Å²) in [5.74, 6) is -0.0159. The number of ether oxygens (including phenoxy) is 4. The Morgan fingerprint density at radius 1 is 0.704 bits per heavy atom. The van der Waals surface area contributed by atoms with Gasteiger partial charge in [0.05, 0.1) is 17.8 Å². The molecule has 1 fully saturated rings. The summed E-state index contributed by atoms with van der Waals surface area (Å²) in [6, 6.07) is 33.8. The predicted molar refractivity (Wildman–Crippen MR) is 205 cm³/mol. The fourth-order valence-corrected chi connectivity index (χ4v) is 9.79. The molecular weight excluding hydrogens is 697 g/mol. The second kappa shape index (κ2) is 11.8. The summed E-state index contributed by atoms with van der Waals surface area (Å²) in [4.78, 5) is 29.3. The maximum atomic E-state index is 13.7. The van der Waals surface area contributed by atoms with Crippen molar-refractivity contribution in [3.8, 4) is 22.6 Å². The maximum absolute atomic E-state index is 13.7. The van der Waals surface area contributed by atoms with E-state index >= 15 is 0 Å². The average molecular weight is 731 g/mol. The summed E-state index contributed by atoms with van der Waals surface area (Å²) in [6.07, 6.45) is 4.48. The molecule has 54 heavy (non-hydrogen) atoms. The van der Waals surface area contributed by atoms with Crippen molar-refractivity contribution in [2.45, 2.75) is 53.5 Å². The third-order valence-corrected chi connectivity index (χ3v) is 12.2. The Morgan fingerprint density at radius 2 is 1.39 bits per heavy atom. The lowest BCUT2D eigenvalue weighted by molar-refractivity contribution is -0.159. The zero-order valence-electron chi connectivity index (χ0n) is 29.6. The molecule has 0 spiro atoms. The Hall–Kier alpha value is -5.83. The van der Waals surface area contributed by atoms with Crippen molar-refractivity contribution in [3.63, 3.8) is 0 Å². The first-order chi connectivity index (χ1) is 26.2. The van der Waals surface area contributed by atoms with E-state index in [-0.39, 0.29) is 23.7 Å². The normalized spacial score (nSPS) is 24.2. The van der Waals surface area contributed by atoms with Gasteiger partial charge in [-0.05, 0) is 86.0 Å². The highest BCUT2D eigenvalue weighted by molar-refractivity contribution is 7.99. The topological polar surface area (TPSA) is 84.2 Å². The number of carbonyl (C=O) groups is 2. The summed E-state index contributed by atoms with van der Waals surface area (Å²) in [5, 5.41) is 0. The largest absolute Gasteiger partial charge is 0.457 e. The van der Waals surface area contributed by atoms with E-state index in [1.54, 1.807) is 25.6 Å². The van der Waals surface area contributed by atoms with Crippen LogP contribution >= 0.6 is 11.8 Å². The molecule has 0 N–H and O–H groups in total. The lowest BCUT2D eigenvalue weighted by atomic mass is 9.69. The molecule has 0 aliphatic carbocycles. The summed E-state index contributed by atoms with van der Waals surface area (Å²) in [6.45, 7) is 11.2. The van der Waals surface area contributed by atoms with E-state index in [4.69, 9.17) is 23.4 Å². The van der Waals surface area contributed by atoms with E-state index < -0.39 is 23.1 Å². The van der Waals surface area contributed by atoms with Crippen molar-refractivity contribution in [2.24, 2.45) is 5.92 Å².